The summed E-state index contributed by atoms with van der Waals surface area (Å²) in [5.41, 5.74) is -1.91. The number of hydrogen-bond acceptors (Lipinski definition) is 4. The van der Waals surface area contributed by atoms with Gasteiger partial charge in [-0.15, -0.1) is 0 Å². The van der Waals surface area contributed by atoms with E-state index in [0.717, 1.165) is 16.7 Å². The number of carbonyl (C=O) groups is 2. The van der Waals surface area contributed by atoms with E-state index in [1.54, 1.807) is 32.9 Å². The first-order valence-corrected chi connectivity index (χ1v) is 8.18. The summed E-state index contributed by atoms with van der Waals surface area (Å²) in [5, 5.41) is 4.87. The molecule has 7 heteroatoms. The average Bonchev–Trinajstić information content (AvgIpc) is 2.43. The molecule has 0 bridgehead atoms. The van der Waals surface area contributed by atoms with Gasteiger partial charge in [0.15, 0.2) is 5.50 Å². The van der Waals surface area contributed by atoms with Crippen LogP contribution in [0.4, 0.5) is 9.18 Å². The highest BCUT2D eigenvalue weighted by atomic mass is 32.2. The molecule has 1 aromatic rings. The van der Waals surface area contributed by atoms with Crippen molar-refractivity contribution in [3.05, 3.63) is 30.3 Å². The van der Waals surface area contributed by atoms with Gasteiger partial charge in [-0.25, -0.2) is 9.18 Å². The Hall–Kier alpha value is -1.76. The summed E-state index contributed by atoms with van der Waals surface area (Å²) >= 11 is 1.03. The monoisotopic (exact) mass is 342 g/mol. The zero-order chi connectivity index (χ0) is 17.5. The summed E-state index contributed by atoms with van der Waals surface area (Å²) in [7, 11) is 0. The summed E-state index contributed by atoms with van der Waals surface area (Å²) in [6.45, 7) is 6.55. The van der Waals surface area contributed by atoms with E-state index in [4.69, 9.17) is 4.74 Å². The highest BCUT2D eigenvalue weighted by molar-refractivity contribution is 7.99. The van der Waals surface area contributed by atoms with E-state index in [1.165, 1.54) is 6.92 Å². The second-order valence-corrected chi connectivity index (χ2v) is 7.17. The molecule has 23 heavy (non-hydrogen) atoms. The molecule has 1 aromatic carbocycles. The van der Waals surface area contributed by atoms with Crippen molar-refractivity contribution in [2.75, 3.05) is 6.54 Å². The van der Waals surface area contributed by atoms with Crippen LogP contribution in [0.2, 0.25) is 0 Å². The van der Waals surface area contributed by atoms with E-state index < -0.39 is 29.1 Å². The third kappa shape index (κ3) is 8.44. The van der Waals surface area contributed by atoms with E-state index in [0.29, 0.717) is 0 Å². The third-order valence-corrected chi connectivity index (χ3v) is 3.54. The first kappa shape index (κ1) is 19.3. The molecule has 0 aliphatic heterocycles. The first-order valence-electron chi connectivity index (χ1n) is 7.30. The number of hydrogen-bond donors (Lipinski definition) is 2. The smallest absolute Gasteiger partial charge is 0.408 e. The fraction of sp³-hybridized carbons (Fsp3) is 0.500. The maximum atomic E-state index is 13.8. The molecule has 128 valence electrons. The lowest BCUT2D eigenvalue weighted by atomic mass is 10.2. The van der Waals surface area contributed by atoms with E-state index in [-0.39, 0.29) is 6.54 Å². The molecule has 2 amide bonds. The summed E-state index contributed by atoms with van der Waals surface area (Å²) in [5.74, 6) is -0.466. The van der Waals surface area contributed by atoms with Crippen LogP contribution in [0.1, 0.15) is 27.7 Å². The second kappa shape index (κ2) is 8.76. The molecule has 0 radical (unpaired) electrons. The molecule has 0 fully saturated rings. The van der Waals surface area contributed by atoms with Gasteiger partial charge >= 0.3 is 6.09 Å². The van der Waals surface area contributed by atoms with E-state index >= 15 is 0 Å². The number of carbonyl (C=O) groups excluding carboxylic acids is 2. The molecular weight excluding hydrogens is 319 g/mol. The Bertz CT molecular complexity index is 520. The molecule has 0 saturated heterocycles. The number of amides is 2. The van der Waals surface area contributed by atoms with Crippen LogP contribution in [0.25, 0.3) is 0 Å². The maximum Gasteiger partial charge on any atom is 0.408 e. The minimum Gasteiger partial charge on any atom is -0.444 e. The van der Waals surface area contributed by atoms with Gasteiger partial charge in [0.2, 0.25) is 5.91 Å². The van der Waals surface area contributed by atoms with Crippen molar-refractivity contribution in [1.29, 1.82) is 0 Å². The van der Waals surface area contributed by atoms with Crippen molar-refractivity contribution in [3.8, 4) is 0 Å². The lowest BCUT2D eigenvalue weighted by Gasteiger charge is -2.21. The van der Waals surface area contributed by atoms with E-state index in [9.17, 15) is 14.0 Å². The Morgan fingerprint density at radius 3 is 2.43 bits per heavy atom. The van der Waals surface area contributed by atoms with Crippen LogP contribution in [-0.4, -0.2) is 35.7 Å². The number of benzene rings is 1. The van der Waals surface area contributed by atoms with Crippen LogP contribution < -0.4 is 10.6 Å². The minimum atomic E-state index is -1.27. The normalized spacial score (nSPS) is 13.8. The van der Waals surface area contributed by atoms with Crippen LogP contribution in [0.15, 0.2) is 35.2 Å². The van der Waals surface area contributed by atoms with Crippen molar-refractivity contribution in [2.45, 2.75) is 49.7 Å². The Balaban J connectivity index is 2.33. The highest BCUT2D eigenvalue weighted by Gasteiger charge is 2.21. The minimum absolute atomic E-state index is 0.140. The summed E-state index contributed by atoms with van der Waals surface area (Å²) in [4.78, 5) is 24.2. The zero-order valence-corrected chi connectivity index (χ0v) is 14.6. The predicted octanol–water partition coefficient (Wildman–Crippen LogP) is 3.10. The van der Waals surface area contributed by atoms with Gasteiger partial charge in [-0.1, -0.05) is 30.0 Å². The van der Waals surface area contributed by atoms with Crippen molar-refractivity contribution in [3.63, 3.8) is 0 Å². The van der Waals surface area contributed by atoms with Gasteiger partial charge in [0.05, 0.1) is 6.54 Å². The van der Waals surface area contributed by atoms with Crippen molar-refractivity contribution >= 4 is 23.8 Å². The molecule has 0 spiro atoms. The number of rotatable bonds is 6. The standard InChI is InChI=1S/C16H23FN2O3S/c1-11(19-15(21)22-16(2,3)4)14(20)18-10-13(17)23-12-8-6-5-7-9-12/h5-9,11,13H,10H2,1-4H3,(H,18,20)(H,19,21)/t11-,13?/m0/s1. The topological polar surface area (TPSA) is 67.4 Å². The van der Waals surface area contributed by atoms with Crippen molar-refractivity contribution in [2.24, 2.45) is 0 Å². The fourth-order valence-corrected chi connectivity index (χ4v) is 2.35. The lowest BCUT2D eigenvalue weighted by molar-refractivity contribution is -0.122. The molecule has 0 heterocycles. The maximum absolute atomic E-state index is 13.8. The molecule has 2 N–H and O–H groups in total. The molecular formula is C16H23FN2O3S. The van der Waals surface area contributed by atoms with Gasteiger partial charge in [0.1, 0.15) is 11.6 Å². The number of halogens is 1. The Labute approximate surface area is 140 Å². The van der Waals surface area contributed by atoms with Gasteiger partial charge in [-0.3, -0.25) is 4.79 Å². The molecule has 1 unspecified atom stereocenters. The Kier molecular flexibility index (Phi) is 7.35. The highest BCUT2D eigenvalue weighted by Crippen LogP contribution is 2.23. The molecule has 0 aliphatic carbocycles. The quantitative estimate of drug-likeness (QED) is 0.780. The van der Waals surface area contributed by atoms with Crippen LogP contribution in [0.3, 0.4) is 0 Å². The third-order valence-electron chi connectivity index (χ3n) is 2.57. The molecule has 2 atom stereocenters. The Morgan fingerprint density at radius 2 is 1.87 bits per heavy atom. The summed E-state index contributed by atoms with van der Waals surface area (Å²) in [6.07, 6.45) is -0.685. The molecule has 5 nitrogen and oxygen atoms in total. The fourth-order valence-electron chi connectivity index (χ4n) is 1.57. The zero-order valence-electron chi connectivity index (χ0n) is 13.8. The number of alkyl halides is 1. The molecule has 0 aliphatic rings. The largest absolute Gasteiger partial charge is 0.444 e. The van der Waals surface area contributed by atoms with Gasteiger partial charge in [0, 0.05) is 4.90 Å². The molecule has 0 aromatic heterocycles. The average molecular weight is 342 g/mol. The number of nitrogens with one attached hydrogen (secondary N) is 2. The van der Waals surface area contributed by atoms with Gasteiger partial charge < -0.3 is 15.4 Å². The SMILES string of the molecule is C[C@H](NC(=O)OC(C)(C)C)C(=O)NCC(F)Sc1ccccc1. The van der Waals surface area contributed by atoms with E-state index in [1.807, 2.05) is 18.2 Å². The second-order valence-electron chi connectivity index (χ2n) is 5.95. The summed E-state index contributed by atoms with van der Waals surface area (Å²) in [6, 6.07) is 8.28. The van der Waals surface area contributed by atoms with Crippen LogP contribution in [-0.2, 0) is 9.53 Å². The number of ether oxygens (including phenoxy) is 1. The van der Waals surface area contributed by atoms with Crippen LogP contribution >= 0.6 is 11.8 Å². The van der Waals surface area contributed by atoms with Crippen molar-refractivity contribution < 1.29 is 18.7 Å². The van der Waals surface area contributed by atoms with Gasteiger partial charge in [0.25, 0.3) is 0 Å². The Morgan fingerprint density at radius 1 is 1.26 bits per heavy atom. The molecule has 1 rings (SSSR count). The van der Waals surface area contributed by atoms with Gasteiger partial charge in [-0.05, 0) is 39.8 Å². The van der Waals surface area contributed by atoms with Crippen LogP contribution in [0, 0.1) is 0 Å². The van der Waals surface area contributed by atoms with Gasteiger partial charge in [-0.2, -0.15) is 0 Å². The predicted molar refractivity (Wildman–Crippen MR) is 89.0 cm³/mol. The summed E-state index contributed by atoms with van der Waals surface area (Å²) < 4.78 is 18.9. The van der Waals surface area contributed by atoms with E-state index in [2.05, 4.69) is 10.6 Å². The molecule has 0 saturated carbocycles. The number of thioether (sulfide) groups is 1. The lowest BCUT2D eigenvalue weighted by Crippen LogP contribution is -2.47. The number of alkyl carbamates (subject to hydrolysis) is 1. The van der Waals surface area contributed by atoms with Crippen LogP contribution in [0.5, 0.6) is 0 Å². The van der Waals surface area contributed by atoms with Crippen molar-refractivity contribution in [1.82, 2.24) is 10.6 Å². The first-order chi connectivity index (χ1) is 10.7.